The van der Waals surface area contributed by atoms with E-state index in [-0.39, 0.29) is 0 Å². The number of phenols is 1. The van der Waals surface area contributed by atoms with E-state index in [0.717, 1.165) is 5.56 Å². The molecule has 0 aromatic heterocycles. The Morgan fingerprint density at radius 1 is 1.22 bits per heavy atom. The van der Waals surface area contributed by atoms with E-state index in [0.29, 0.717) is 5.75 Å². The zero-order chi connectivity index (χ0) is 6.85. The molecule has 0 bridgehead atoms. The molecule has 0 aliphatic carbocycles. The third-order valence-electron chi connectivity index (χ3n) is 1.35. The molecule has 1 heteroatoms. The summed E-state index contributed by atoms with van der Waals surface area (Å²) in [5.74, 6) is 0.376. The molecule has 0 unspecified atom stereocenters. The lowest BCUT2D eigenvalue weighted by Gasteiger charge is -1.97. The van der Waals surface area contributed by atoms with Gasteiger partial charge >= 0.3 is 0 Å². The molecule has 0 saturated heterocycles. The van der Waals surface area contributed by atoms with Crippen molar-refractivity contribution in [1.82, 2.24) is 0 Å². The van der Waals surface area contributed by atoms with Gasteiger partial charge in [0.1, 0.15) is 5.75 Å². The van der Waals surface area contributed by atoms with Gasteiger partial charge in [0.05, 0.1) is 0 Å². The van der Waals surface area contributed by atoms with Crippen LogP contribution < -0.4 is 0 Å². The van der Waals surface area contributed by atoms with Crippen LogP contribution in [0.1, 0.15) is 11.1 Å². The summed E-state index contributed by atoms with van der Waals surface area (Å²) in [6, 6.07) is 5.56. The molecule has 0 atom stereocenters. The van der Waals surface area contributed by atoms with Crippen molar-refractivity contribution in [2.75, 3.05) is 0 Å². The molecule has 1 nitrogen and oxygen atoms in total. The van der Waals surface area contributed by atoms with E-state index < -0.39 is 0 Å². The highest BCUT2D eigenvalue weighted by molar-refractivity contribution is 5.34. The monoisotopic (exact) mass is 128 g/mol. The van der Waals surface area contributed by atoms with Crippen molar-refractivity contribution in [3.63, 3.8) is 0 Å². The molecular weight excluding hydrogens is 118 g/mol. The number of rotatable bonds is 0. The van der Waals surface area contributed by atoms with Crippen LogP contribution in [-0.4, -0.2) is 5.11 Å². The topological polar surface area (TPSA) is 20.2 Å². The fourth-order valence-corrected chi connectivity index (χ4v) is 0.805. The van der Waals surface area contributed by atoms with E-state index in [9.17, 15) is 0 Å². The number of hydrogen-bond acceptors (Lipinski definition) is 1. The Kier molecular flexibility index (Phi) is 1.43. The lowest BCUT2D eigenvalue weighted by molar-refractivity contribution is 0.471. The Balaban J connectivity index is 3.17. The Morgan fingerprint density at radius 2 is 1.89 bits per heavy atom. The molecule has 0 radical (unpaired) electrons. The van der Waals surface area contributed by atoms with E-state index >= 15 is 0 Å². The summed E-state index contributed by atoms with van der Waals surface area (Å²) in [4.78, 5) is 0. The number of aryl methyl sites for hydroxylation is 2. The summed E-state index contributed by atoms with van der Waals surface area (Å²) in [6.07, 6.45) is 0. The number of aromatic hydroxyl groups is 1. The zero-order valence-corrected chi connectivity index (χ0v) is 5.68. The van der Waals surface area contributed by atoms with Crippen molar-refractivity contribution in [1.29, 1.82) is 0 Å². The average Bonchev–Trinajstić information content (AvgIpc) is 1.80. The van der Waals surface area contributed by atoms with Crippen LogP contribution in [-0.2, 0) is 0 Å². The maximum atomic E-state index is 9.04. The van der Waals surface area contributed by atoms with Crippen LogP contribution in [0.4, 0.5) is 0 Å². The van der Waals surface area contributed by atoms with E-state index in [1.54, 1.807) is 6.07 Å². The first-order chi connectivity index (χ1) is 4.20. The Bertz CT molecular complexity index is 216. The van der Waals surface area contributed by atoms with E-state index in [2.05, 4.69) is 0 Å². The SMILES string of the molecule is C[13c]1[13cH][13cH][13c](O)[13c](C)[13cH]1. The van der Waals surface area contributed by atoms with Crippen LogP contribution >= 0.6 is 0 Å². The van der Waals surface area contributed by atoms with Crippen molar-refractivity contribution in [2.45, 2.75) is 13.8 Å². The number of phenolic OH excluding ortho intramolecular Hbond substituents is 1. The predicted octanol–water partition coefficient (Wildman–Crippen LogP) is 2.01. The normalized spacial score (nSPS) is 9.56. The van der Waals surface area contributed by atoms with Crippen molar-refractivity contribution < 1.29 is 5.11 Å². The predicted molar refractivity (Wildman–Crippen MR) is 37.6 cm³/mol. The zero-order valence-electron chi connectivity index (χ0n) is 5.68. The minimum absolute atomic E-state index is 0.376. The Labute approximate surface area is 55.0 Å². The maximum Gasteiger partial charge on any atom is 0.118 e. The molecular formula is C8H10O. The fraction of sp³-hybridized carbons (Fsp3) is 0.250. The largest absolute Gasteiger partial charge is 0.508 e. The van der Waals surface area contributed by atoms with Crippen LogP contribution in [0.2, 0.25) is 0 Å². The van der Waals surface area contributed by atoms with Crippen LogP contribution in [0.25, 0.3) is 0 Å². The molecule has 0 spiro atoms. The summed E-state index contributed by atoms with van der Waals surface area (Å²) in [6.45, 7) is 3.90. The van der Waals surface area contributed by atoms with Crippen LogP contribution in [0, 0.1) is 13.8 Å². The second-order valence-electron chi connectivity index (χ2n) is 2.29. The first kappa shape index (κ1) is 6.14. The quantitative estimate of drug-likeness (QED) is 0.566. The van der Waals surface area contributed by atoms with Crippen molar-refractivity contribution >= 4 is 0 Å². The lowest BCUT2D eigenvalue weighted by Crippen LogP contribution is -1.75. The van der Waals surface area contributed by atoms with Gasteiger partial charge in [0.15, 0.2) is 0 Å². The van der Waals surface area contributed by atoms with E-state index in [4.69, 9.17) is 5.11 Å². The second kappa shape index (κ2) is 2.09. The summed E-state index contributed by atoms with van der Waals surface area (Å²) in [5.41, 5.74) is 2.13. The lowest BCUT2D eigenvalue weighted by atomic mass is 10.9. The average molecular weight is 128 g/mol. The molecule has 0 fully saturated rings. The van der Waals surface area contributed by atoms with E-state index in [1.807, 2.05) is 26.0 Å². The van der Waals surface area contributed by atoms with Gasteiger partial charge in [0.25, 0.3) is 0 Å². The van der Waals surface area contributed by atoms with Gasteiger partial charge in [-0.15, -0.1) is 0 Å². The van der Waals surface area contributed by atoms with E-state index in [1.165, 1.54) is 5.56 Å². The van der Waals surface area contributed by atoms with Crippen LogP contribution in [0.5, 0.6) is 5.75 Å². The summed E-state index contributed by atoms with van der Waals surface area (Å²) < 4.78 is 0. The van der Waals surface area contributed by atoms with Crippen LogP contribution in [0.3, 0.4) is 0 Å². The highest BCUT2D eigenvalue weighted by Crippen LogP contribution is 2.15. The van der Waals surface area contributed by atoms with Crippen LogP contribution in [0.15, 0.2) is 18.2 Å². The molecule has 9 heavy (non-hydrogen) atoms. The van der Waals surface area contributed by atoms with Crippen molar-refractivity contribution in [3.05, 3.63) is 29.3 Å². The first-order valence-corrected chi connectivity index (χ1v) is 2.96. The molecule has 0 saturated carbocycles. The fourth-order valence-electron chi connectivity index (χ4n) is 0.805. The maximum absolute atomic E-state index is 9.04. The van der Waals surface area contributed by atoms with Gasteiger partial charge < -0.3 is 5.11 Å². The Morgan fingerprint density at radius 3 is 2.33 bits per heavy atom. The van der Waals surface area contributed by atoms with Gasteiger partial charge in [-0.3, -0.25) is 0 Å². The third kappa shape index (κ3) is 1.22. The third-order valence-corrected chi connectivity index (χ3v) is 1.35. The minimum Gasteiger partial charge on any atom is -0.508 e. The first-order valence-electron chi connectivity index (χ1n) is 2.96. The molecule has 1 N–H and O–H groups in total. The van der Waals surface area contributed by atoms with Gasteiger partial charge in [-0.2, -0.15) is 0 Å². The van der Waals surface area contributed by atoms with Gasteiger partial charge in [-0.1, -0.05) is 17.7 Å². The molecule has 0 aliphatic heterocycles. The molecule has 1 rings (SSSR count). The molecule has 0 amide bonds. The molecule has 1 aromatic carbocycles. The molecule has 48 valence electrons. The number of benzene rings is 1. The summed E-state index contributed by atoms with van der Waals surface area (Å²) in [7, 11) is 0. The molecule has 1 aromatic rings. The smallest absolute Gasteiger partial charge is 0.118 e. The standard InChI is InChI=1S/C8H10O/c1-6-3-4-8(9)7(2)5-6/h3-5,9H,1-2H3/i3+1,4+1,5+1,6+1,7+1,8+1. The highest BCUT2D eigenvalue weighted by atomic mass is 16.3. The van der Waals surface area contributed by atoms with Crippen molar-refractivity contribution in [3.8, 4) is 5.75 Å². The van der Waals surface area contributed by atoms with Crippen molar-refractivity contribution in [2.24, 2.45) is 0 Å². The highest BCUT2D eigenvalue weighted by Gasteiger charge is 1.91. The summed E-state index contributed by atoms with van der Waals surface area (Å²) in [5, 5.41) is 9.04. The van der Waals surface area contributed by atoms with Gasteiger partial charge in [-0.05, 0) is 25.5 Å². The molecule has 0 aliphatic rings. The second-order valence-corrected chi connectivity index (χ2v) is 2.29. The Hall–Kier alpha value is -0.980. The van der Waals surface area contributed by atoms with Gasteiger partial charge in [0, 0.05) is 0 Å². The molecule has 0 heterocycles. The minimum atomic E-state index is 0.376. The summed E-state index contributed by atoms with van der Waals surface area (Å²) >= 11 is 0. The van der Waals surface area contributed by atoms with Gasteiger partial charge in [0.2, 0.25) is 0 Å². The number of hydrogen-bond donors (Lipinski definition) is 1. The van der Waals surface area contributed by atoms with Gasteiger partial charge in [-0.25, -0.2) is 0 Å².